The molecule has 0 aliphatic carbocycles. The van der Waals surface area contributed by atoms with Crippen molar-refractivity contribution in [3.05, 3.63) is 24.5 Å². The summed E-state index contributed by atoms with van der Waals surface area (Å²) in [5, 5.41) is 6.94. The number of pyridine rings is 1. The highest BCUT2D eigenvalue weighted by molar-refractivity contribution is 7.93. The van der Waals surface area contributed by atoms with Crippen LogP contribution in [0.1, 0.15) is 13.3 Å². The van der Waals surface area contributed by atoms with Crippen LogP contribution in [0.3, 0.4) is 0 Å². The Bertz CT molecular complexity index is 627. The van der Waals surface area contributed by atoms with Crippen molar-refractivity contribution in [2.75, 3.05) is 16.6 Å². The maximum Gasteiger partial charge on any atom is 0.266 e. The second-order valence-electron chi connectivity index (χ2n) is 3.66. The minimum Gasteiger partial charge on any atom is -0.369 e. The second-order valence-corrected chi connectivity index (χ2v) is 6.10. The molecule has 0 aliphatic heterocycles. The summed E-state index contributed by atoms with van der Waals surface area (Å²) in [6.45, 7) is 2.65. The van der Waals surface area contributed by atoms with Crippen LogP contribution in [-0.4, -0.2) is 29.5 Å². The molecular weight excluding hydrogens is 286 g/mol. The average Bonchev–Trinajstić information content (AvgIpc) is 2.88. The Labute approximate surface area is 115 Å². The van der Waals surface area contributed by atoms with E-state index in [1.165, 1.54) is 12.3 Å². The van der Waals surface area contributed by atoms with E-state index in [0.29, 0.717) is 17.4 Å². The summed E-state index contributed by atoms with van der Waals surface area (Å²) in [5.41, 5.74) is 0. The van der Waals surface area contributed by atoms with Crippen LogP contribution in [0.5, 0.6) is 0 Å². The van der Waals surface area contributed by atoms with Gasteiger partial charge in [0.2, 0.25) is 0 Å². The fraction of sp³-hybridized carbons (Fsp3) is 0.300. The van der Waals surface area contributed by atoms with E-state index in [2.05, 4.69) is 24.6 Å². The third-order valence-corrected chi connectivity index (χ3v) is 4.31. The summed E-state index contributed by atoms with van der Waals surface area (Å²) in [7, 11) is -3.69. The molecule has 0 amide bonds. The summed E-state index contributed by atoms with van der Waals surface area (Å²) in [6, 6.07) is 3.08. The standard InChI is InChI=1S/C10H13N5O2S2/c1-2-5-11-10-8(4-3-6-12-10)19(16,17)14-9-7-13-15-18-9/h3-4,6-7,14H,2,5H2,1H3,(H,11,12). The molecule has 0 saturated carbocycles. The van der Waals surface area contributed by atoms with E-state index in [1.807, 2.05) is 6.92 Å². The van der Waals surface area contributed by atoms with Gasteiger partial charge in [-0.15, -0.1) is 5.10 Å². The highest BCUT2D eigenvalue weighted by Gasteiger charge is 2.20. The molecule has 0 unspecified atom stereocenters. The van der Waals surface area contributed by atoms with E-state index in [1.54, 1.807) is 12.3 Å². The zero-order valence-corrected chi connectivity index (χ0v) is 11.8. The van der Waals surface area contributed by atoms with Gasteiger partial charge in [0.15, 0.2) is 0 Å². The van der Waals surface area contributed by atoms with Gasteiger partial charge in [-0.25, -0.2) is 13.4 Å². The van der Waals surface area contributed by atoms with Crippen LogP contribution in [0, 0.1) is 0 Å². The van der Waals surface area contributed by atoms with Crippen LogP contribution >= 0.6 is 11.5 Å². The summed E-state index contributed by atoms with van der Waals surface area (Å²) in [5.74, 6) is 0.342. The highest BCUT2D eigenvalue weighted by Crippen LogP contribution is 2.22. The van der Waals surface area contributed by atoms with Crippen molar-refractivity contribution < 1.29 is 8.42 Å². The summed E-state index contributed by atoms with van der Waals surface area (Å²) < 4.78 is 30.5. The molecule has 0 aromatic carbocycles. The lowest BCUT2D eigenvalue weighted by molar-refractivity contribution is 0.601. The van der Waals surface area contributed by atoms with Crippen LogP contribution in [0.2, 0.25) is 0 Å². The Morgan fingerprint density at radius 1 is 1.42 bits per heavy atom. The fourth-order valence-corrected chi connectivity index (χ4v) is 3.20. The van der Waals surface area contributed by atoms with Gasteiger partial charge >= 0.3 is 0 Å². The molecule has 19 heavy (non-hydrogen) atoms. The maximum atomic E-state index is 12.2. The molecule has 0 aliphatic rings. The predicted octanol–water partition coefficient (Wildman–Crippen LogP) is 1.56. The molecule has 9 heteroatoms. The highest BCUT2D eigenvalue weighted by atomic mass is 32.2. The molecule has 2 aromatic heterocycles. The van der Waals surface area contributed by atoms with E-state index in [9.17, 15) is 8.42 Å². The smallest absolute Gasteiger partial charge is 0.266 e. The monoisotopic (exact) mass is 299 g/mol. The number of nitrogens with zero attached hydrogens (tertiary/aromatic N) is 3. The largest absolute Gasteiger partial charge is 0.369 e. The summed E-state index contributed by atoms with van der Waals surface area (Å²) in [6.07, 6.45) is 3.78. The Morgan fingerprint density at radius 2 is 2.26 bits per heavy atom. The first-order valence-electron chi connectivity index (χ1n) is 5.62. The van der Waals surface area contributed by atoms with Gasteiger partial charge in [0.25, 0.3) is 10.0 Å². The third-order valence-electron chi connectivity index (χ3n) is 2.20. The molecule has 0 bridgehead atoms. The van der Waals surface area contributed by atoms with Crippen LogP contribution in [0.15, 0.2) is 29.4 Å². The number of hydrogen-bond donors (Lipinski definition) is 2. The van der Waals surface area contributed by atoms with Gasteiger partial charge in [0.1, 0.15) is 15.7 Å². The third kappa shape index (κ3) is 3.38. The number of anilines is 2. The van der Waals surface area contributed by atoms with Crippen molar-refractivity contribution in [3.63, 3.8) is 0 Å². The lowest BCUT2D eigenvalue weighted by Gasteiger charge is -2.10. The Hall–Kier alpha value is -1.74. The number of aromatic nitrogens is 3. The van der Waals surface area contributed by atoms with Gasteiger partial charge in [-0.1, -0.05) is 11.4 Å². The van der Waals surface area contributed by atoms with E-state index < -0.39 is 10.0 Å². The molecule has 7 nitrogen and oxygen atoms in total. The molecule has 2 heterocycles. The minimum atomic E-state index is -3.69. The number of nitrogens with one attached hydrogen (secondary N) is 2. The van der Waals surface area contributed by atoms with Gasteiger partial charge in [-0.05, 0) is 18.6 Å². The minimum absolute atomic E-state index is 0.108. The van der Waals surface area contributed by atoms with Crippen LogP contribution in [0.4, 0.5) is 10.8 Å². The molecule has 2 rings (SSSR count). The van der Waals surface area contributed by atoms with Crippen molar-refractivity contribution in [2.45, 2.75) is 18.2 Å². The van der Waals surface area contributed by atoms with Crippen LogP contribution in [-0.2, 0) is 10.0 Å². The number of rotatable bonds is 6. The summed E-state index contributed by atoms with van der Waals surface area (Å²) >= 11 is 0.976. The van der Waals surface area contributed by atoms with Crippen molar-refractivity contribution in [1.29, 1.82) is 0 Å². The van der Waals surface area contributed by atoms with Crippen molar-refractivity contribution >= 4 is 32.4 Å². The van der Waals surface area contributed by atoms with Crippen molar-refractivity contribution in [3.8, 4) is 0 Å². The topological polar surface area (TPSA) is 96.9 Å². The SMILES string of the molecule is CCCNc1ncccc1S(=O)(=O)Nc1cnns1. The number of sulfonamides is 1. The molecule has 0 fully saturated rings. The molecule has 0 atom stereocenters. The van der Waals surface area contributed by atoms with E-state index in [4.69, 9.17) is 0 Å². The quantitative estimate of drug-likeness (QED) is 0.840. The fourth-order valence-electron chi connectivity index (χ4n) is 1.38. The van der Waals surface area contributed by atoms with E-state index >= 15 is 0 Å². The lowest BCUT2D eigenvalue weighted by Crippen LogP contribution is -2.16. The van der Waals surface area contributed by atoms with E-state index in [-0.39, 0.29) is 4.90 Å². The van der Waals surface area contributed by atoms with Crippen LogP contribution < -0.4 is 10.0 Å². The van der Waals surface area contributed by atoms with Crippen molar-refractivity contribution in [2.24, 2.45) is 0 Å². The number of hydrogen-bond acceptors (Lipinski definition) is 7. The second kappa shape index (κ2) is 5.93. The van der Waals surface area contributed by atoms with Crippen molar-refractivity contribution in [1.82, 2.24) is 14.6 Å². The van der Waals surface area contributed by atoms with Gasteiger partial charge in [0.05, 0.1) is 6.20 Å². The molecule has 102 valence electrons. The molecule has 2 N–H and O–H groups in total. The average molecular weight is 299 g/mol. The van der Waals surface area contributed by atoms with Gasteiger partial charge in [0, 0.05) is 24.3 Å². The van der Waals surface area contributed by atoms with Gasteiger partial charge < -0.3 is 5.32 Å². The predicted molar refractivity (Wildman–Crippen MR) is 73.7 cm³/mol. The van der Waals surface area contributed by atoms with E-state index in [0.717, 1.165) is 18.0 Å². The Balaban J connectivity index is 2.29. The molecule has 0 spiro atoms. The van der Waals surface area contributed by atoms with Crippen LogP contribution in [0.25, 0.3) is 0 Å². The normalized spacial score (nSPS) is 11.2. The lowest BCUT2D eigenvalue weighted by atomic mass is 10.4. The zero-order chi connectivity index (χ0) is 13.7. The first-order valence-corrected chi connectivity index (χ1v) is 7.88. The Kier molecular flexibility index (Phi) is 4.27. The molecule has 2 aromatic rings. The zero-order valence-electron chi connectivity index (χ0n) is 10.2. The maximum absolute atomic E-state index is 12.2. The molecule has 0 radical (unpaired) electrons. The first kappa shape index (κ1) is 13.7. The molecular formula is C10H13N5O2S2. The summed E-state index contributed by atoms with van der Waals surface area (Å²) in [4.78, 5) is 4.16. The first-order chi connectivity index (χ1) is 9.13. The Morgan fingerprint density at radius 3 is 2.95 bits per heavy atom. The van der Waals surface area contributed by atoms with Gasteiger partial charge in [-0.3, -0.25) is 4.72 Å². The molecule has 0 saturated heterocycles. The van der Waals surface area contributed by atoms with Gasteiger partial charge in [-0.2, -0.15) is 0 Å².